The molecule has 1 N–H and O–H groups in total. The number of para-hydroxylation sites is 1. The molecule has 4 nitrogen and oxygen atoms in total. The summed E-state index contributed by atoms with van der Waals surface area (Å²) in [6, 6.07) is 15.9. The lowest BCUT2D eigenvalue weighted by Crippen LogP contribution is -2.29. The van der Waals surface area contributed by atoms with Crippen molar-refractivity contribution in [2.24, 2.45) is 0 Å². The number of aromatic amines is 1. The van der Waals surface area contributed by atoms with E-state index in [4.69, 9.17) is 0 Å². The number of hydrogen-bond donors (Lipinski definition) is 1. The van der Waals surface area contributed by atoms with E-state index in [2.05, 4.69) is 11.1 Å². The minimum absolute atomic E-state index is 0.0775. The highest BCUT2D eigenvalue weighted by atomic mass is 16.2. The summed E-state index contributed by atoms with van der Waals surface area (Å²) in [4.78, 5) is 29.6. The second-order valence-electron chi connectivity index (χ2n) is 6.64. The first kappa shape index (κ1) is 15.6. The van der Waals surface area contributed by atoms with Crippen molar-refractivity contribution in [3.8, 4) is 0 Å². The first-order chi connectivity index (χ1) is 12.1. The Kier molecular flexibility index (Phi) is 3.88. The number of hydrogen-bond acceptors (Lipinski definition) is 2. The fourth-order valence-electron chi connectivity index (χ4n) is 3.53. The van der Waals surface area contributed by atoms with E-state index >= 15 is 0 Å². The molecule has 4 rings (SSSR count). The van der Waals surface area contributed by atoms with Gasteiger partial charge in [-0.05, 0) is 55.0 Å². The van der Waals surface area contributed by atoms with Crippen LogP contribution < -0.4 is 10.5 Å². The smallest absolute Gasteiger partial charge is 0.251 e. The van der Waals surface area contributed by atoms with Crippen molar-refractivity contribution in [3.05, 3.63) is 75.6 Å². The van der Waals surface area contributed by atoms with Crippen LogP contribution in [0.5, 0.6) is 0 Å². The number of fused-ring (bicyclic) bond motifs is 2. The summed E-state index contributed by atoms with van der Waals surface area (Å²) >= 11 is 0. The van der Waals surface area contributed by atoms with Gasteiger partial charge in [0.15, 0.2) is 0 Å². The largest absolute Gasteiger partial charge is 0.322 e. The maximum atomic E-state index is 12.6. The third-order valence-electron chi connectivity index (χ3n) is 4.87. The van der Waals surface area contributed by atoms with Gasteiger partial charge in [-0.2, -0.15) is 0 Å². The molecule has 4 heteroatoms. The maximum Gasteiger partial charge on any atom is 0.251 e. The number of anilines is 1. The van der Waals surface area contributed by atoms with Crippen molar-refractivity contribution in [1.29, 1.82) is 0 Å². The fourth-order valence-corrected chi connectivity index (χ4v) is 3.53. The molecule has 0 radical (unpaired) electrons. The highest BCUT2D eigenvalue weighted by Crippen LogP contribution is 2.28. The average Bonchev–Trinajstić information content (AvgIpc) is 3.04. The van der Waals surface area contributed by atoms with Crippen LogP contribution in [0.1, 0.15) is 23.1 Å². The number of aryl methyl sites for hydroxylation is 2. The van der Waals surface area contributed by atoms with E-state index in [0.29, 0.717) is 18.4 Å². The van der Waals surface area contributed by atoms with E-state index in [1.54, 1.807) is 0 Å². The molecular formula is C21H20N2O2. The lowest BCUT2D eigenvalue weighted by Gasteiger charge is -2.17. The number of benzene rings is 2. The van der Waals surface area contributed by atoms with Gasteiger partial charge < -0.3 is 9.88 Å². The molecule has 0 fully saturated rings. The molecule has 3 aromatic rings. The summed E-state index contributed by atoms with van der Waals surface area (Å²) in [6.45, 7) is 2.75. The molecule has 1 aliphatic heterocycles. The molecule has 0 unspecified atom stereocenters. The Morgan fingerprint density at radius 2 is 2.00 bits per heavy atom. The minimum atomic E-state index is -0.106. The molecule has 0 aliphatic carbocycles. The number of pyridine rings is 1. The van der Waals surface area contributed by atoms with Gasteiger partial charge in [-0.1, -0.05) is 29.8 Å². The predicted molar refractivity (Wildman–Crippen MR) is 100 cm³/mol. The van der Waals surface area contributed by atoms with E-state index in [9.17, 15) is 9.59 Å². The third kappa shape index (κ3) is 2.95. The Bertz CT molecular complexity index is 1020. The number of amides is 1. The van der Waals surface area contributed by atoms with Crippen LogP contribution in [0.15, 0.2) is 53.3 Å². The monoisotopic (exact) mass is 332 g/mol. The quantitative estimate of drug-likeness (QED) is 0.799. The lowest BCUT2D eigenvalue weighted by atomic mass is 10.1. The zero-order valence-electron chi connectivity index (χ0n) is 14.2. The number of nitrogens with one attached hydrogen (secondary N) is 1. The summed E-state index contributed by atoms with van der Waals surface area (Å²) in [6.07, 6.45) is 1.70. The molecule has 1 aromatic heterocycles. The van der Waals surface area contributed by atoms with Crippen LogP contribution in [0.25, 0.3) is 10.9 Å². The van der Waals surface area contributed by atoms with Crippen LogP contribution >= 0.6 is 0 Å². The number of carbonyl (C=O) groups is 1. The molecule has 0 saturated heterocycles. The van der Waals surface area contributed by atoms with Crippen LogP contribution in [0.3, 0.4) is 0 Å². The Morgan fingerprint density at radius 1 is 1.16 bits per heavy atom. The van der Waals surface area contributed by atoms with Gasteiger partial charge in [0, 0.05) is 29.7 Å². The van der Waals surface area contributed by atoms with Crippen molar-refractivity contribution < 1.29 is 4.79 Å². The second-order valence-corrected chi connectivity index (χ2v) is 6.64. The molecule has 2 aromatic carbocycles. The Balaban J connectivity index is 1.53. The van der Waals surface area contributed by atoms with Crippen molar-refractivity contribution in [3.63, 3.8) is 0 Å². The van der Waals surface area contributed by atoms with E-state index in [-0.39, 0.29) is 11.5 Å². The zero-order chi connectivity index (χ0) is 17.4. The summed E-state index contributed by atoms with van der Waals surface area (Å²) in [7, 11) is 0. The standard InChI is InChI=1S/C21H20N2O2/c1-14-6-8-18-17(12-14)13-16(21(25)22-18)7-9-20(24)23-11-10-15-4-2-3-5-19(15)23/h2-6,8,12-13H,7,9-11H2,1H3,(H,22,25). The van der Waals surface area contributed by atoms with Crippen molar-refractivity contribution >= 4 is 22.5 Å². The zero-order valence-corrected chi connectivity index (χ0v) is 14.2. The number of rotatable bonds is 3. The molecule has 1 aliphatic rings. The normalized spacial score (nSPS) is 13.2. The van der Waals surface area contributed by atoms with Crippen molar-refractivity contribution in [2.75, 3.05) is 11.4 Å². The third-order valence-corrected chi connectivity index (χ3v) is 4.87. The van der Waals surface area contributed by atoms with Crippen LogP contribution in [-0.2, 0) is 17.6 Å². The number of H-pyrrole nitrogens is 1. The lowest BCUT2D eigenvalue weighted by molar-refractivity contribution is -0.118. The number of carbonyl (C=O) groups excluding carboxylic acids is 1. The van der Waals surface area contributed by atoms with Crippen LogP contribution in [-0.4, -0.2) is 17.4 Å². The number of aromatic nitrogens is 1. The van der Waals surface area contributed by atoms with E-state index in [0.717, 1.165) is 35.1 Å². The van der Waals surface area contributed by atoms with Crippen molar-refractivity contribution in [1.82, 2.24) is 4.98 Å². The van der Waals surface area contributed by atoms with Crippen LogP contribution in [0.4, 0.5) is 5.69 Å². The highest BCUT2D eigenvalue weighted by Gasteiger charge is 2.23. The van der Waals surface area contributed by atoms with Gasteiger partial charge in [0.1, 0.15) is 0 Å². The number of nitrogens with zero attached hydrogens (tertiary/aromatic N) is 1. The SMILES string of the molecule is Cc1ccc2[nH]c(=O)c(CCC(=O)N3CCc4ccccc43)cc2c1. The van der Waals surface area contributed by atoms with Gasteiger partial charge in [-0.15, -0.1) is 0 Å². The molecule has 126 valence electrons. The van der Waals surface area contributed by atoms with Gasteiger partial charge in [0.2, 0.25) is 5.91 Å². The van der Waals surface area contributed by atoms with E-state index in [1.807, 2.05) is 54.3 Å². The molecule has 25 heavy (non-hydrogen) atoms. The Morgan fingerprint density at radius 3 is 2.88 bits per heavy atom. The fraction of sp³-hybridized carbons (Fsp3) is 0.238. The van der Waals surface area contributed by atoms with Gasteiger partial charge in [-0.25, -0.2) is 0 Å². The summed E-state index contributed by atoms with van der Waals surface area (Å²) in [5.41, 5.74) is 4.77. The molecule has 0 saturated carbocycles. The predicted octanol–water partition coefficient (Wildman–Crippen LogP) is 3.36. The average molecular weight is 332 g/mol. The van der Waals surface area contributed by atoms with Gasteiger partial charge in [0.25, 0.3) is 5.56 Å². The minimum Gasteiger partial charge on any atom is -0.322 e. The van der Waals surface area contributed by atoms with Gasteiger partial charge in [0.05, 0.1) is 0 Å². The van der Waals surface area contributed by atoms with Crippen LogP contribution in [0.2, 0.25) is 0 Å². The van der Waals surface area contributed by atoms with Crippen molar-refractivity contribution in [2.45, 2.75) is 26.2 Å². The molecule has 0 bridgehead atoms. The molecule has 1 amide bonds. The Hall–Kier alpha value is -2.88. The molecule has 0 spiro atoms. The topological polar surface area (TPSA) is 53.2 Å². The summed E-state index contributed by atoms with van der Waals surface area (Å²) in [5, 5.41) is 1.01. The molecule has 0 atom stereocenters. The summed E-state index contributed by atoms with van der Waals surface area (Å²) in [5.74, 6) is 0.0775. The summed E-state index contributed by atoms with van der Waals surface area (Å²) < 4.78 is 0. The van der Waals surface area contributed by atoms with E-state index in [1.165, 1.54) is 5.56 Å². The first-order valence-corrected chi connectivity index (χ1v) is 8.63. The molecule has 2 heterocycles. The highest BCUT2D eigenvalue weighted by molar-refractivity contribution is 5.95. The van der Waals surface area contributed by atoms with Gasteiger partial charge >= 0.3 is 0 Å². The second kappa shape index (κ2) is 6.20. The Labute approximate surface area is 146 Å². The molecular weight excluding hydrogens is 312 g/mol. The van der Waals surface area contributed by atoms with E-state index < -0.39 is 0 Å². The maximum absolute atomic E-state index is 12.6. The first-order valence-electron chi connectivity index (χ1n) is 8.63. The van der Waals surface area contributed by atoms with Crippen LogP contribution in [0, 0.1) is 6.92 Å². The van der Waals surface area contributed by atoms with Gasteiger partial charge in [-0.3, -0.25) is 9.59 Å².